The minimum Gasteiger partial charge on any atom is -0.379 e. The molecule has 2 heterocycles. The van der Waals surface area contributed by atoms with Gasteiger partial charge in [-0.2, -0.15) is 5.48 Å². The number of carbonyl (C=O) groups is 1. The number of hydrogen-bond acceptors (Lipinski definition) is 4. The lowest BCUT2D eigenvalue weighted by molar-refractivity contribution is -0.128. The zero-order valence-corrected chi connectivity index (χ0v) is 15.7. The molecule has 0 bridgehead atoms. The summed E-state index contributed by atoms with van der Waals surface area (Å²) in [6.45, 7) is 5.67. The van der Waals surface area contributed by atoms with Gasteiger partial charge in [-0.1, -0.05) is 30.3 Å². The van der Waals surface area contributed by atoms with Gasteiger partial charge in [-0.25, -0.2) is 0 Å². The lowest BCUT2D eigenvalue weighted by Crippen LogP contribution is -2.46. The number of amides is 1. The second-order valence-electron chi connectivity index (χ2n) is 7.37. The molecule has 0 unspecified atom stereocenters. The molecular weight excluding hydrogens is 338 g/mol. The van der Waals surface area contributed by atoms with Crippen LogP contribution in [0.4, 0.5) is 5.69 Å². The first-order valence-electron chi connectivity index (χ1n) is 9.88. The molecule has 142 valence electrons. The molecule has 27 heavy (non-hydrogen) atoms. The summed E-state index contributed by atoms with van der Waals surface area (Å²) in [5.41, 5.74) is 6.03. The van der Waals surface area contributed by atoms with Crippen molar-refractivity contribution in [3.05, 3.63) is 59.7 Å². The Hall–Kier alpha value is -2.53. The van der Waals surface area contributed by atoms with Crippen molar-refractivity contribution in [2.45, 2.75) is 25.7 Å². The number of fused-ring (bicyclic) bond motifs is 1. The minimum atomic E-state index is -0.0809. The summed E-state index contributed by atoms with van der Waals surface area (Å²) in [6, 6.07) is 16.9. The van der Waals surface area contributed by atoms with Crippen LogP contribution < -0.4 is 15.2 Å². The van der Waals surface area contributed by atoms with Crippen LogP contribution in [0.3, 0.4) is 0 Å². The SMILES string of the molecule is O=C1Cc2ccc(CCCCN3CCN(c4ccccc4)CC3)cc2ON1. The predicted molar refractivity (Wildman–Crippen MR) is 107 cm³/mol. The van der Waals surface area contributed by atoms with Gasteiger partial charge >= 0.3 is 0 Å². The Morgan fingerprint density at radius 2 is 1.78 bits per heavy atom. The van der Waals surface area contributed by atoms with Crippen molar-refractivity contribution in [3.8, 4) is 5.75 Å². The smallest absolute Gasteiger partial charge is 0.257 e. The molecule has 0 radical (unpaired) electrons. The van der Waals surface area contributed by atoms with Gasteiger partial charge in [0.05, 0.1) is 6.42 Å². The van der Waals surface area contributed by atoms with E-state index in [0.29, 0.717) is 6.42 Å². The van der Waals surface area contributed by atoms with Crippen LogP contribution >= 0.6 is 0 Å². The molecular formula is C22H27N3O2. The summed E-state index contributed by atoms with van der Waals surface area (Å²) in [5, 5.41) is 0. The summed E-state index contributed by atoms with van der Waals surface area (Å²) in [5.74, 6) is 0.715. The first-order chi connectivity index (χ1) is 13.3. The molecule has 2 aromatic carbocycles. The van der Waals surface area contributed by atoms with Gasteiger partial charge in [0.15, 0.2) is 5.75 Å². The second kappa shape index (κ2) is 8.44. The van der Waals surface area contributed by atoms with Crippen LogP contribution in [0.15, 0.2) is 48.5 Å². The molecule has 0 aromatic heterocycles. The van der Waals surface area contributed by atoms with Crippen LogP contribution in [0.2, 0.25) is 0 Å². The Labute approximate surface area is 160 Å². The fraction of sp³-hybridized carbons (Fsp3) is 0.409. The number of anilines is 1. The van der Waals surface area contributed by atoms with E-state index in [2.05, 4.69) is 57.7 Å². The van der Waals surface area contributed by atoms with Gasteiger partial charge in [0.25, 0.3) is 5.91 Å². The molecule has 5 nitrogen and oxygen atoms in total. The van der Waals surface area contributed by atoms with Crippen molar-refractivity contribution >= 4 is 11.6 Å². The number of hydroxylamine groups is 1. The van der Waals surface area contributed by atoms with Crippen molar-refractivity contribution in [2.75, 3.05) is 37.6 Å². The maximum absolute atomic E-state index is 11.3. The summed E-state index contributed by atoms with van der Waals surface area (Å²) in [4.78, 5) is 21.7. The average Bonchev–Trinajstić information content (AvgIpc) is 2.72. The number of hydrogen-bond donors (Lipinski definition) is 1. The Morgan fingerprint density at radius 3 is 2.59 bits per heavy atom. The number of piperazine rings is 1. The molecule has 1 N–H and O–H groups in total. The van der Waals surface area contributed by atoms with Crippen LogP contribution in [0.1, 0.15) is 24.0 Å². The van der Waals surface area contributed by atoms with E-state index < -0.39 is 0 Å². The maximum atomic E-state index is 11.3. The van der Waals surface area contributed by atoms with E-state index in [1.54, 1.807) is 0 Å². The van der Waals surface area contributed by atoms with Gasteiger partial charge in [0.2, 0.25) is 0 Å². The minimum absolute atomic E-state index is 0.0809. The number of nitrogens with one attached hydrogen (secondary N) is 1. The van der Waals surface area contributed by atoms with Gasteiger partial charge in [-0.3, -0.25) is 9.69 Å². The molecule has 2 aliphatic heterocycles. The Morgan fingerprint density at radius 1 is 0.963 bits per heavy atom. The van der Waals surface area contributed by atoms with Crippen molar-refractivity contribution in [1.82, 2.24) is 10.4 Å². The monoisotopic (exact) mass is 365 g/mol. The third kappa shape index (κ3) is 4.61. The van der Waals surface area contributed by atoms with Gasteiger partial charge in [-0.15, -0.1) is 0 Å². The highest BCUT2D eigenvalue weighted by Gasteiger charge is 2.18. The molecule has 0 atom stereocenters. The van der Waals surface area contributed by atoms with E-state index in [1.165, 1.54) is 30.6 Å². The predicted octanol–water partition coefficient (Wildman–Crippen LogP) is 2.80. The lowest BCUT2D eigenvalue weighted by atomic mass is 10.0. The molecule has 0 spiro atoms. The summed E-state index contributed by atoms with van der Waals surface area (Å²) in [6.07, 6.45) is 3.84. The maximum Gasteiger partial charge on any atom is 0.257 e. The van der Waals surface area contributed by atoms with E-state index in [4.69, 9.17) is 4.84 Å². The first-order valence-corrected chi connectivity index (χ1v) is 9.88. The molecule has 1 saturated heterocycles. The summed E-state index contributed by atoms with van der Waals surface area (Å²) >= 11 is 0. The lowest BCUT2D eigenvalue weighted by Gasteiger charge is -2.36. The van der Waals surface area contributed by atoms with Crippen LogP contribution in [0, 0.1) is 0 Å². The number of nitrogens with zero attached hydrogens (tertiary/aromatic N) is 2. The molecule has 1 amide bonds. The van der Waals surface area contributed by atoms with Crippen molar-refractivity contribution < 1.29 is 9.63 Å². The quantitative estimate of drug-likeness (QED) is 0.800. The van der Waals surface area contributed by atoms with Crippen molar-refractivity contribution in [1.29, 1.82) is 0 Å². The van der Waals surface area contributed by atoms with E-state index in [9.17, 15) is 4.79 Å². The number of carbonyl (C=O) groups excluding carboxylic acids is 1. The van der Waals surface area contributed by atoms with Crippen molar-refractivity contribution in [2.24, 2.45) is 0 Å². The third-order valence-electron chi connectivity index (χ3n) is 5.44. The second-order valence-corrected chi connectivity index (χ2v) is 7.37. The van der Waals surface area contributed by atoms with Gasteiger partial charge < -0.3 is 9.74 Å². The summed E-state index contributed by atoms with van der Waals surface area (Å²) < 4.78 is 0. The number of benzene rings is 2. The largest absolute Gasteiger partial charge is 0.379 e. The van der Waals surface area contributed by atoms with Gasteiger partial charge in [-0.05, 0) is 49.6 Å². The summed E-state index contributed by atoms with van der Waals surface area (Å²) in [7, 11) is 0. The average molecular weight is 365 g/mol. The molecule has 2 aliphatic rings. The van der Waals surface area contributed by atoms with Gasteiger partial charge in [0.1, 0.15) is 0 Å². The highest BCUT2D eigenvalue weighted by Crippen LogP contribution is 2.24. The highest BCUT2D eigenvalue weighted by atomic mass is 16.7. The molecule has 4 rings (SSSR count). The molecule has 0 aliphatic carbocycles. The first kappa shape index (κ1) is 17.9. The van der Waals surface area contributed by atoms with E-state index in [-0.39, 0.29) is 5.91 Å². The number of rotatable bonds is 6. The zero-order valence-electron chi connectivity index (χ0n) is 15.7. The highest BCUT2D eigenvalue weighted by molar-refractivity contribution is 5.80. The van der Waals surface area contributed by atoms with Crippen LogP contribution in [0.25, 0.3) is 0 Å². The Kier molecular flexibility index (Phi) is 5.58. The molecule has 0 saturated carbocycles. The number of unbranched alkanes of at least 4 members (excludes halogenated alkanes) is 1. The van der Waals surface area contributed by atoms with Crippen LogP contribution in [-0.4, -0.2) is 43.5 Å². The number of para-hydroxylation sites is 1. The van der Waals surface area contributed by atoms with E-state index in [1.807, 2.05) is 6.07 Å². The van der Waals surface area contributed by atoms with Crippen molar-refractivity contribution in [3.63, 3.8) is 0 Å². The standard InChI is InChI=1S/C22H27N3O2/c26-22-17-19-10-9-18(16-21(19)27-23-22)6-4-5-11-24-12-14-25(15-13-24)20-7-2-1-3-8-20/h1-3,7-10,16H,4-6,11-15,17H2,(H,23,26). The Bertz CT molecular complexity index is 770. The third-order valence-corrected chi connectivity index (χ3v) is 5.44. The fourth-order valence-electron chi connectivity index (χ4n) is 3.85. The van der Waals surface area contributed by atoms with E-state index in [0.717, 1.165) is 43.9 Å². The van der Waals surface area contributed by atoms with E-state index >= 15 is 0 Å². The zero-order chi connectivity index (χ0) is 18.5. The van der Waals surface area contributed by atoms with Crippen LogP contribution in [0.5, 0.6) is 5.75 Å². The fourth-order valence-corrected chi connectivity index (χ4v) is 3.85. The van der Waals surface area contributed by atoms with Crippen LogP contribution in [-0.2, 0) is 17.6 Å². The van der Waals surface area contributed by atoms with Gasteiger partial charge in [0, 0.05) is 37.4 Å². The Balaban J connectivity index is 1.17. The number of aryl methyl sites for hydroxylation is 1. The molecule has 5 heteroatoms. The normalized spacial score (nSPS) is 17.2. The molecule has 1 fully saturated rings. The molecule has 2 aromatic rings. The topological polar surface area (TPSA) is 44.8 Å².